The van der Waals surface area contributed by atoms with Crippen LogP contribution in [-0.2, 0) is 16.1 Å². The molecule has 2 heterocycles. The Bertz CT molecular complexity index is 884. The molecule has 0 bridgehead atoms. The number of aromatic nitrogens is 1. The number of rotatable bonds is 4. The van der Waals surface area contributed by atoms with Gasteiger partial charge in [-0.2, -0.15) is 0 Å². The Hall–Kier alpha value is -2.95. The first kappa shape index (κ1) is 19.8. The summed E-state index contributed by atoms with van der Waals surface area (Å²) in [6, 6.07) is 13.3. The van der Waals surface area contributed by atoms with E-state index >= 15 is 0 Å². The maximum Gasteiger partial charge on any atom is 0.225 e. The van der Waals surface area contributed by atoms with Gasteiger partial charge >= 0.3 is 0 Å². The van der Waals surface area contributed by atoms with Gasteiger partial charge in [0.2, 0.25) is 11.8 Å². The molecule has 1 aromatic heterocycles. The second-order valence-electron chi connectivity index (χ2n) is 8.06. The van der Waals surface area contributed by atoms with Gasteiger partial charge in [-0.1, -0.05) is 30.3 Å². The number of carbonyl (C=O) groups is 2. The molecular formula is C23H27N3O2. The van der Waals surface area contributed by atoms with Gasteiger partial charge in [0, 0.05) is 24.9 Å². The zero-order valence-electron chi connectivity index (χ0n) is 16.9. The fourth-order valence-electron chi connectivity index (χ4n) is 3.54. The van der Waals surface area contributed by atoms with Crippen LogP contribution in [0, 0.1) is 0 Å². The molecule has 0 saturated heterocycles. The minimum absolute atomic E-state index is 0.000457. The lowest BCUT2D eigenvalue weighted by Crippen LogP contribution is -2.46. The summed E-state index contributed by atoms with van der Waals surface area (Å²) in [5.41, 5.74) is 2.53. The Morgan fingerprint density at radius 2 is 1.82 bits per heavy atom. The molecular weight excluding hydrogens is 350 g/mol. The summed E-state index contributed by atoms with van der Waals surface area (Å²) in [5.74, 6) is -0.0740. The summed E-state index contributed by atoms with van der Waals surface area (Å²) >= 11 is 0. The maximum absolute atomic E-state index is 13.4. The number of nitrogens with zero attached hydrogens (tertiary/aromatic N) is 3. The SMILES string of the molecule is CC(=O)N1C=Cc2ccccc2[C@@H]1CC(=O)N(Cc1ccccn1)C(C)(C)C. The smallest absolute Gasteiger partial charge is 0.225 e. The highest BCUT2D eigenvalue weighted by molar-refractivity contribution is 5.82. The first-order valence-corrected chi connectivity index (χ1v) is 9.54. The summed E-state index contributed by atoms with van der Waals surface area (Å²) in [4.78, 5) is 33.4. The van der Waals surface area contributed by atoms with Crippen LogP contribution in [0.15, 0.2) is 54.9 Å². The average Bonchev–Trinajstić information content (AvgIpc) is 2.66. The minimum atomic E-state index is -0.361. The molecule has 0 N–H and O–H groups in total. The summed E-state index contributed by atoms with van der Waals surface area (Å²) in [6.07, 6.45) is 5.67. The summed E-state index contributed by atoms with van der Waals surface area (Å²) in [7, 11) is 0. The molecule has 28 heavy (non-hydrogen) atoms. The first-order valence-electron chi connectivity index (χ1n) is 9.54. The van der Waals surface area contributed by atoms with Crippen molar-refractivity contribution in [3.05, 3.63) is 71.7 Å². The predicted octanol–water partition coefficient (Wildman–Crippen LogP) is 4.17. The van der Waals surface area contributed by atoms with Crippen LogP contribution in [0.5, 0.6) is 0 Å². The van der Waals surface area contributed by atoms with E-state index in [1.54, 1.807) is 17.3 Å². The van der Waals surface area contributed by atoms with Crippen LogP contribution in [0.25, 0.3) is 6.08 Å². The molecule has 1 aliphatic rings. The molecule has 0 aliphatic carbocycles. The Balaban J connectivity index is 1.89. The van der Waals surface area contributed by atoms with Gasteiger partial charge in [-0.05, 0) is 50.1 Å². The molecule has 3 rings (SSSR count). The van der Waals surface area contributed by atoms with Crippen molar-refractivity contribution in [3.63, 3.8) is 0 Å². The zero-order chi connectivity index (χ0) is 20.3. The van der Waals surface area contributed by atoms with Crippen LogP contribution in [0.2, 0.25) is 0 Å². The van der Waals surface area contributed by atoms with Gasteiger partial charge in [-0.3, -0.25) is 14.6 Å². The first-order chi connectivity index (χ1) is 13.3. The van der Waals surface area contributed by atoms with E-state index in [4.69, 9.17) is 0 Å². The molecule has 0 unspecified atom stereocenters. The van der Waals surface area contributed by atoms with Crippen molar-refractivity contribution in [2.24, 2.45) is 0 Å². The molecule has 1 aliphatic heterocycles. The Morgan fingerprint density at radius 3 is 2.46 bits per heavy atom. The van der Waals surface area contributed by atoms with Gasteiger partial charge in [0.1, 0.15) is 0 Å². The second kappa shape index (κ2) is 7.97. The molecule has 146 valence electrons. The molecule has 2 aromatic rings. The van der Waals surface area contributed by atoms with E-state index < -0.39 is 0 Å². The normalized spacial score (nSPS) is 15.9. The van der Waals surface area contributed by atoms with E-state index in [1.165, 1.54) is 6.92 Å². The largest absolute Gasteiger partial charge is 0.332 e. The Morgan fingerprint density at radius 1 is 1.11 bits per heavy atom. The average molecular weight is 377 g/mol. The van der Waals surface area contributed by atoms with Crippen molar-refractivity contribution in [3.8, 4) is 0 Å². The molecule has 5 heteroatoms. The number of carbonyl (C=O) groups excluding carboxylic acids is 2. The summed E-state index contributed by atoms with van der Waals surface area (Å²) in [6.45, 7) is 8.03. The Labute approximate surface area is 166 Å². The second-order valence-corrected chi connectivity index (χ2v) is 8.06. The van der Waals surface area contributed by atoms with Gasteiger partial charge < -0.3 is 9.80 Å². The molecule has 5 nitrogen and oxygen atoms in total. The van der Waals surface area contributed by atoms with Gasteiger partial charge in [0.15, 0.2) is 0 Å². The standard InChI is InChI=1S/C23H27N3O2/c1-17(27)25-14-12-18-9-5-6-11-20(18)21(25)15-22(28)26(23(2,3)4)16-19-10-7-8-13-24-19/h5-14,21H,15-16H2,1-4H3/t21-/m0/s1. The van der Waals surface area contributed by atoms with Crippen LogP contribution in [0.4, 0.5) is 0 Å². The van der Waals surface area contributed by atoms with E-state index in [-0.39, 0.29) is 29.8 Å². The van der Waals surface area contributed by atoms with E-state index in [1.807, 2.05) is 74.2 Å². The van der Waals surface area contributed by atoms with Crippen LogP contribution in [0.3, 0.4) is 0 Å². The molecule has 0 radical (unpaired) electrons. The number of pyridine rings is 1. The van der Waals surface area contributed by atoms with Crippen LogP contribution in [0.1, 0.15) is 57.0 Å². The lowest BCUT2D eigenvalue weighted by Gasteiger charge is -2.38. The number of hydrogen-bond donors (Lipinski definition) is 0. The van der Waals surface area contributed by atoms with E-state index in [9.17, 15) is 9.59 Å². The number of fused-ring (bicyclic) bond motifs is 1. The third-order valence-electron chi connectivity index (χ3n) is 4.99. The van der Waals surface area contributed by atoms with Crippen molar-refractivity contribution in [2.45, 2.75) is 52.2 Å². The third kappa shape index (κ3) is 4.30. The van der Waals surface area contributed by atoms with Crippen LogP contribution >= 0.6 is 0 Å². The van der Waals surface area contributed by atoms with Gasteiger partial charge in [0.05, 0.1) is 24.7 Å². The Kier molecular flexibility index (Phi) is 5.63. The highest BCUT2D eigenvalue weighted by atomic mass is 16.2. The van der Waals surface area contributed by atoms with Gasteiger partial charge in [-0.25, -0.2) is 0 Å². The highest BCUT2D eigenvalue weighted by Gasteiger charge is 2.33. The summed E-state index contributed by atoms with van der Waals surface area (Å²) in [5, 5.41) is 0. The molecule has 0 spiro atoms. The summed E-state index contributed by atoms with van der Waals surface area (Å²) < 4.78 is 0. The lowest BCUT2D eigenvalue weighted by atomic mass is 9.92. The molecule has 2 amide bonds. The zero-order valence-corrected chi connectivity index (χ0v) is 16.9. The van der Waals surface area contributed by atoms with Gasteiger partial charge in [0.25, 0.3) is 0 Å². The van der Waals surface area contributed by atoms with E-state index in [0.717, 1.165) is 16.8 Å². The molecule has 1 aromatic carbocycles. The monoisotopic (exact) mass is 377 g/mol. The fourth-order valence-corrected chi connectivity index (χ4v) is 3.54. The minimum Gasteiger partial charge on any atom is -0.332 e. The third-order valence-corrected chi connectivity index (χ3v) is 4.99. The topological polar surface area (TPSA) is 53.5 Å². The van der Waals surface area contributed by atoms with Crippen molar-refractivity contribution in [1.29, 1.82) is 0 Å². The van der Waals surface area contributed by atoms with Crippen molar-refractivity contribution >= 4 is 17.9 Å². The molecule has 1 atom stereocenters. The molecule has 0 fully saturated rings. The quantitative estimate of drug-likeness (QED) is 0.803. The number of hydrogen-bond acceptors (Lipinski definition) is 3. The number of benzene rings is 1. The van der Waals surface area contributed by atoms with E-state index in [2.05, 4.69) is 4.98 Å². The van der Waals surface area contributed by atoms with Gasteiger partial charge in [-0.15, -0.1) is 0 Å². The van der Waals surface area contributed by atoms with Crippen molar-refractivity contribution < 1.29 is 9.59 Å². The van der Waals surface area contributed by atoms with Crippen LogP contribution in [-0.4, -0.2) is 32.1 Å². The maximum atomic E-state index is 13.4. The number of amides is 2. The fraction of sp³-hybridized carbons (Fsp3) is 0.348. The predicted molar refractivity (Wildman–Crippen MR) is 110 cm³/mol. The highest BCUT2D eigenvalue weighted by Crippen LogP contribution is 2.34. The van der Waals surface area contributed by atoms with Crippen molar-refractivity contribution in [2.75, 3.05) is 0 Å². The van der Waals surface area contributed by atoms with E-state index in [0.29, 0.717) is 6.54 Å². The van der Waals surface area contributed by atoms with Crippen LogP contribution < -0.4 is 0 Å². The van der Waals surface area contributed by atoms with Crippen molar-refractivity contribution in [1.82, 2.24) is 14.8 Å². The lowest BCUT2D eigenvalue weighted by molar-refractivity contribution is -0.139. The molecule has 0 saturated carbocycles.